The Labute approximate surface area is 87.1 Å². The minimum Gasteiger partial charge on any atom is -0.497 e. The topological polar surface area (TPSA) is 35.2 Å². The molecule has 2 N–H and O–H groups in total. The summed E-state index contributed by atoms with van der Waals surface area (Å²) in [5.74, 6) is 0.922. The first-order valence-electron chi connectivity index (χ1n) is 4.95. The number of methoxy groups -OCH3 is 1. The van der Waals surface area contributed by atoms with Gasteiger partial charge in [-0.25, -0.2) is 0 Å². The van der Waals surface area contributed by atoms with Gasteiger partial charge in [0.05, 0.1) is 15.2 Å². The standard InChI is InChI=1S/C11H19NOSi/c1-13-10-4-6-11(7-5-10)14(2,3)9-8-12/h4-7H,8-9,12H2,1-3H3. The average molecular weight is 209 g/mol. The Morgan fingerprint density at radius 1 is 1.21 bits per heavy atom. The fourth-order valence-electron chi connectivity index (χ4n) is 1.55. The molecule has 0 aromatic heterocycles. The summed E-state index contributed by atoms with van der Waals surface area (Å²) in [4.78, 5) is 0. The summed E-state index contributed by atoms with van der Waals surface area (Å²) in [7, 11) is 0.396. The fraction of sp³-hybridized carbons (Fsp3) is 0.455. The van der Waals surface area contributed by atoms with E-state index in [2.05, 4.69) is 25.2 Å². The Morgan fingerprint density at radius 3 is 2.21 bits per heavy atom. The largest absolute Gasteiger partial charge is 0.497 e. The number of hydrogen-bond acceptors (Lipinski definition) is 2. The highest BCUT2D eigenvalue weighted by Crippen LogP contribution is 2.12. The van der Waals surface area contributed by atoms with Gasteiger partial charge >= 0.3 is 0 Å². The van der Waals surface area contributed by atoms with Crippen molar-refractivity contribution in [2.45, 2.75) is 19.1 Å². The highest BCUT2D eigenvalue weighted by molar-refractivity contribution is 6.89. The Hall–Kier alpha value is -0.803. The van der Waals surface area contributed by atoms with Gasteiger partial charge in [0.1, 0.15) is 5.75 Å². The van der Waals surface area contributed by atoms with Crippen LogP contribution in [0.25, 0.3) is 0 Å². The highest BCUT2D eigenvalue weighted by atomic mass is 28.3. The van der Waals surface area contributed by atoms with Gasteiger partial charge < -0.3 is 10.5 Å². The van der Waals surface area contributed by atoms with Crippen LogP contribution >= 0.6 is 0 Å². The highest BCUT2D eigenvalue weighted by Gasteiger charge is 2.21. The lowest BCUT2D eigenvalue weighted by molar-refractivity contribution is 0.415. The molecule has 3 heteroatoms. The molecule has 1 aromatic carbocycles. The summed E-state index contributed by atoms with van der Waals surface area (Å²) in [5.41, 5.74) is 5.62. The summed E-state index contributed by atoms with van der Waals surface area (Å²) < 4.78 is 5.13. The number of nitrogens with two attached hydrogens (primary N) is 1. The Bertz CT molecular complexity index is 282. The van der Waals surface area contributed by atoms with E-state index in [1.165, 1.54) is 5.19 Å². The van der Waals surface area contributed by atoms with Gasteiger partial charge in [0.15, 0.2) is 0 Å². The monoisotopic (exact) mass is 209 g/mol. The van der Waals surface area contributed by atoms with Gasteiger partial charge in [-0.1, -0.05) is 30.4 Å². The molecule has 78 valence electrons. The zero-order valence-corrected chi connectivity index (χ0v) is 10.2. The van der Waals surface area contributed by atoms with Crippen molar-refractivity contribution >= 4 is 13.3 Å². The molecular formula is C11H19NOSi. The molecule has 0 radical (unpaired) electrons. The SMILES string of the molecule is COc1ccc([Si](C)(C)CCN)cc1. The molecule has 0 spiro atoms. The third-order valence-electron chi connectivity index (χ3n) is 2.64. The summed E-state index contributed by atoms with van der Waals surface area (Å²) in [6.07, 6.45) is 0. The van der Waals surface area contributed by atoms with E-state index in [1.54, 1.807) is 7.11 Å². The summed E-state index contributed by atoms with van der Waals surface area (Å²) in [6, 6.07) is 9.53. The van der Waals surface area contributed by atoms with Crippen molar-refractivity contribution in [2.75, 3.05) is 13.7 Å². The second-order valence-electron chi connectivity index (χ2n) is 4.15. The van der Waals surface area contributed by atoms with Gasteiger partial charge in [-0.15, -0.1) is 0 Å². The van der Waals surface area contributed by atoms with Gasteiger partial charge in [-0.05, 0) is 24.7 Å². The maximum absolute atomic E-state index is 5.62. The lowest BCUT2D eigenvalue weighted by atomic mass is 10.3. The Kier molecular flexibility index (Phi) is 3.72. The molecule has 1 aromatic rings. The van der Waals surface area contributed by atoms with Crippen molar-refractivity contribution < 1.29 is 4.74 Å². The summed E-state index contributed by atoms with van der Waals surface area (Å²) >= 11 is 0. The van der Waals surface area contributed by atoms with Gasteiger partial charge in [-0.3, -0.25) is 0 Å². The summed E-state index contributed by atoms with van der Waals surface area (Å²) in [5, 5.41) is 1.45. The molecule has 0 unspecified atom stereocenters. The van der Waals surface area contributed by atoms with Crippen LogP contribution in [0.15, 0.2) is 24.3 Å². The van der Waals surface area contributed by atoms with Gasteiger partial charge in [0.25, 0.3) is 0 Å². The Balaban J connectivity index is 2.85. The van der Waals surface area contributed by atoms with E-state index in [1.807, 2.05) is 12.1 Å². The van der Waals surface area contributed by atoms with E-state index in [-0.39, 0.29) is 0 Å². The smallest absolute Gasteiger partial charge is 0.118 e. The lowest BCUT2D eigenvalue weighted by Crippen LogP contribution is -2.42. The van der Waals surface area contributed by atoms with Crippen LogP contribution in [0.4, 0.5) is 0 Å². The van der Waals surface area contributed by atoms with Crippen molar-refractivity contribution in [1.82, 2.24) is 0 Å². The summed E-state index contributed by atoms with van der Waals surface area (Å²) in [6.45, 7) is 5.48. The van der Waals surface area contributed by atoms with Crippen LogP contribution < -0.4 is 15.7 Å². The second kappa shape index (κ2) is 4.62. The lowest BCUT2D eigenvalue weighted by Gasteiger charge is -2.22. The predicted molar refractivity (Wildman–Crippen MR) is 64.0 cm³/mol. The molecule has 0 heterocycles. The molecule has 0 saturated heterocycles. The van der Waals surface area contributed by atoms with E-state index in [4.69, 9.17) is 10.5 Å². The van der Waals surface area contributed by atoms with Crippen LogP contribution in [0, 0.1) is 0 Å². The molecule has 0 aliphatic rings. The molecule has 0 bridgehead atoms. The van der Waals surface area contributed by atoms with E-state index in [0.29, 0.717) is 0 Å². The molecule has 0 aliphatic heterocycles. The second-order valence-corrected chi connectivity index (χ2v) is 9.00. The molecule has 2 nitrogen and oxygen atoms in total. The quantitative estimate of drug-likeness (QED) is 0.764. The van der Waals surface area contributed by atoms with E-state index in [9.17, 15) is 0 Å². The number of rotatable bonds is 4. The predicted octanol–water partition coefficient (Wildman–Crippen LogP) is 1.57. The van der Waals surface area contributed by atoms with Crippen LogP contribution in [-0.2, 0) is 0 Å². The van der Waals surface area contributed by atoms with Crippen LogP contribution in [0.5, 0.6) is 5.75 Å². The molecule has 14 heavy (non-hydrogen) atoms. The van der Waals surface area contributed by atoms with Crippen molar-refractivity contribution in [3.8, 4) is 5.75 Å². The number of ether oxygens (including phenoxy) is 1. The zero-order valence-electron chi connectivity index (χ0n) is 9.21. The third-order valence-corrected chi connectivity index (χ3v) is 6.08. The fourth-order valence-corrected chi connectivity index (χ4v) is 3.63. The zero-order chi connectivity index (χ0) is 10.6. The molecule has 0 aliphatic carbocycles. The number of benzene rings is 1. The van der Waals surface area contributed by atoms with Crippen LogP contribution in [-0.4, -0.2) is 21.7 Å². The molecule has 0 amide bonds. The first-order valence-corrected chi connectivity index (χ1v) is 8.15. The van der Waals surface area contributed by atoms with Crippen molar-refractivity contribution in [3.05, 3.63) is 24.3 Å². The van der Waals surface area contributed by atoms with E-state index >= 15 is 0 Å². The maximum Gasteiger partial charge on any atom is 0.118 e. The molecule has 1 rings (SSSR count). The molecule has 0 fully saturated rings. The van der Waals surface area contributed by atoms with Gasteiger partial charge in [0.2, 0.25) is 0 Å². The maximum atomic E-state index is 5.62. The molecule has 0 atom stereocenters. The van der Waals surface area contributed by atoms with Crippen LogP contribution in [0.1, 0.15) is 0 Å². The van der Waals surface area contributed by atoms with Gasteiger partial charge in [0, 0.05) is 0 Å². The Morgan fingerprint density at radius 2 is 1.79 bits per heavy atom. The first kappa shape index (κ1) is 11.3. The van der Waals surface area contributed by atoms with Crippen molar-refractivity contribution in [2.24, 2.45) is 5.73 Å². The van der Waals surface area contributed by atoms with Crippen molar-refractivity contribution in [1.29, 1.82) is 0 Å². The molecule has 0 saturated carbocycles. The van der Waals surface area contributed by atoms with E-state index < -0.39 is 8.07 Å². The minimum atomic E-state index is -1.30. The van der Waals surface area contributed by atoms with Crippen LogP contribution in [0.3, 0.4) is 0 Å². The minimum absolute atomic E-state index is 0.783. The molecular weight excluding hydrogens is 190 g/mol. The normalized spacial score (nSPS) is 11.4. The van der Waals surface area contributed by atoms with Gasteiger partial charge in [-0.2, -0.15) is 0 Å². The average Bonchev–Trinajstić information content (AvgIpc) is 2.18. The third kappa shape index (κ3) is 2.59. The van der Waals surface area contributed by atoms with E-state index in [0.717, 1.165) is 18.3 Å². The number of hydrogen-bond donors (Lipinski definition) is 1. The van der Waals surface area contributed by atoms with Crippen molar-refractivity contribution in [3.63, 3.8) is 0 Å². The van der Waals surface area contributed by atoms with Crippen LogP contribution in [0.2, 0.25) is 19.1 Å². The first-order chi connectivity index (χ1) is 6.60.